The first kappa shape index (κ1) is 21.9. The third-order valence-corrected chi connectivity index (χ3v) is 6.07. The van der Waals surface area contributed by atoms with Crippen molar-refractivity contribution in [2.45, 2.75) is 18.1 Å². The molecule has 0 saturated heterocycles. The molecule has 28 heavy (non-hydrogen) atoms. The van der Waals surface area contributed by atoms with Crippen molar-refractivity contribution >= 4 is 15.8 Å². The van der Waals surface area contributed by atoms with Crippen LogP contribution in [0.3, 0.4) is 0 Å². The zero-order chi connectivity index (χ0) is 20.2. The first-order valence-corrected chi connectivity index (χ1v) is 11.2. The number of aliphatic imine (C=N–C) groups is 1. The minimum absolute atomic E-state index is 0.0335. The fourth-order valence-corrected chi connectivity index (χ4v) is 4.28. The molecule has 2 aromatic rings. The number of nitrogens with one attached hydrogen (secondary N) is 2. The highest BCUT2D eigenvalue weighted by Crippen LogP contribution is 2.13. The highest BCUT2D eigenvalue weighted by Gasteiger charge is 2.13. The monoisotopic (exact) mass is 403 g/mol. The van der Waals surface area contributed by atoms with Crippen LogP contribution in [-0.4, -0.2) is 52.0 Å². The number of nitrogens with zero attached hydrogens (tertiary/aromatic N) is 1. The van der Waals surface area contributed by atoms with Crippen molar-refractivity contribution in [1.29, 1.82) is 0 Å². The van der Waals surface area contributed by atoms with E-state index in [4.69, 9.17) is 0 Å². The third kappa shape index (κ3) is 7.70. The fourth-order valence-electron chi connectivity index (χ4n) is 2.85. The van der Waals surface area contributed by atoms with Crippen molar-refractivity contribution in [1.82, 2.24) is 10.6 Å². The maximum Gasteiger partial charge on any atom is 0.190 e. The van der Waals surface area contributed by atoms with Gasteiger partial charge < -0.3 is 15.7 Å². The summed E-state index contributed by atoms with van der Waals surface area (Å²) in [5.41, 5.74) is 1.86. The number of sulfone groups is 1. The zero-order valence-corrected chi connectivity index (χ0v) is 17.0. The van der Waals surface area contributed by atoms with Gasteiger partial charge >= 0.3 is 0 Å². The van der Waals surface area contributed by atoms with Crippen LogP contribution in [0.25, 0.3) is 0 Å². The molecule has 0 spiro atoms. The quantitative estimate of drug-likeness (QED) is 0.320. The normalized spacial score (nSPS) is 13.1. The van der Waals surface area contributed by atoms with Crippen LogP contribution < -0.4 is 10.6 Å². The Bertz CT molecular complexity index is 824. The Labute approximate surface area is 167 Å². The van der Waals surface area contributed by atoms with Gasteiger partial charge in [0.1, 0.15) is 0 Å². The van der Waals surface area contributed by atoms with Gasteiger partial charge in [-0.15, -0.1) is 0 Å². The van der Waals surface area contributed by atoms with Crippen LogP contribution >= 0.6 is 0 Å². The van der Waals surface area contributed by atoms with E-state index >= 15 is 0 Å². The van der Waals surface area contributed by atoms with Gasteiger partial charge in [0.25, 0.3) is 0 Å². The van der Waals surface area contributed by atoms with E-state index in [0.29, 0.717) is 25.5 Å². The molecule has 152 valence electrons. The molecule has 1 unspecified atom stereocenters. The summed E-state index contributed by atoms with van der Waals surface area (Å²) in [5.74, 6) is 0.742. The van der Waals surface area contributed by atoms with Gasteiger partial charge in [-0.1, -0.05) is 60.7 Å². The smallest absolute Gasteiger partial charge is 0.190 e. The molecule has 0 amide bonds. The van der Waals surface area contributed by atoms with Crippen LogP contribution in [0, 0.1) is 0 Å². The molecule has 0 fully saturated rings. The number of guanidine groups is 1. The molecule has 3 N–H and O–H groups in total. The summed E-state index contributed by atoms with van der Waals surface area (Å²) in [6.45, 7) is 1.07. The number of rotatable bonds is 10. The second-order valence-electron chi connectivity index (χ2n) is 6.60. The fraction of sp³-hybridized carbons (Fsp3) is 0.381. The molecule has 0 bridgehead atoms. The van der Waals surface area contributed by atoms with Crippen LogP contribution in [0.4, 0.5) is 0 Å². The lowest BCUT2D eigenvalue weighted by Gasteiger charge is -2.18. The van der Waals surface area contributed by atoms with Gasteiger partial charge in [-0.3, -0.25) is 4.99 Å². The second kappa shape index (κ2) is 11.5. The Hall–Kier alpha value is -2.38. The van der Waals surface area contributed by atoms with E-state index in [1.54, 1.807) is 7.05 Å². The van der Waals surface area contributed by atoms with Crippen LogP contribution in [-0.2, 0) is 15.6 Å². The Kier molecular flexibility index (Phi) is 8.97. The van der Waals surface area contributed by atoms with E-state index in [1.165, 1.54) is 0 Å². The first-order chi connectivity index (χ1) is 13.5. The third-order valence-electron chi connectivity index (χ3n) is 4.38. The van der Waals surface area contributed by atoms with Gasteiger partial charge in [0.2, 0.25) is 0 Å². The summed E-state index contributed by atoms with van der Waals surface area (Å²) in [6, 6.07) is 19.0. The second-order valence-corrected chi connectivity index (χ2v) is 8.79. The highest BCUT2D eigenvalue weighted by atomic mass is 32.2. The summed E-state index contributed by atoms with van der Waals surface area (Å²) in [7, 11) is -1.47. The first-order valence-electron chi connectivity index (χ1n) is 9.38. The lowest BCUT2D eigenvalue weighted by atomic mass is 10.0. The molecular formula is C21H29N3O3S. The van der Waals surface area contributed by atoms with Crippen molar-refractivity contribution in [3.8, 4) is 0 Å². The molecule has 0 aliphatic carbocycles. The molecule has 0 aliphatic rings. The summed E-state index contributed by atoms with van der Waals surface area (Å²) in [5, 5.41) is 15.9. The lowest BCUT2D eigenvalue weighted by Crippen LogP contribution is -2.40. The van der Waals surface area contributed by atoms with Crippen LogP contribution in [0.1, 0.15) is 23.5 Å². The van der Waals surface area contributed by atoms with Crippen LogP contribution in [0.2, 0.25) is 0 Å². The van der Waals surface area contributed by atoms with Crippen molar-refractivity contribution < 1.29 is 13.5 Å². The summed E-state index contributed by atoms with van der Waals surface area (Å²) < 4.78 is 24.4. The Morgan fingerprint density at radius 3 is 2.29 bits per heavy atom. The molecule has 2 rings (SSSR count). The molecule has 0 aromatic heterocycles. The molecule has 7 heteroatoms. The number of hydrogen-bond acceptors (Lipinski definition) is 4. The summed E-state index contributed by atoms with van der Waals surface area (Å²) in [4.78, 5) is 4.15. The largest absolute Gasteiger partial charge is 0.396 e. The van der Waals surface area contributed by atoms with E-state index in [0.717, 1.165) is 11.1 Å². The van der Waals surface area contributed by atoms with E-state index in [9.17, 15) is 13.5 Å². The maximum atomic E-state index is 12.2. The van der Waals surface area contributed by atoms with E-state index < -0.39 is 9.84 Å². The number of benzene rings is 2. The number of aliphatic hydroxyl groups excluding tert-OH is 1. The van der Waals surface area contributed by atoms with E-state index in [1.807, 2.05) is 60.7 Å². The van der Waals surface area contributed by atoms with E-state index in [-0.39, 0.29) is 24.0 Å². The van der Waals surface area contributed by atoms with E-state index in [2.05, 4.69) is 15.6 Å². The molecule has 6 nitrogen and oxygen atoms in total. The summed E-state index contributed by atoms with van der Waals surface area (Å²) in [6.07, 6.45) is 0.498. The Balaban J connectivity index is 1.73. The Morgan fingerprint density at radius 1 is 1.04 bits per heavy atom. The highest BCUT2D eigenvalue weighted by molar-refractivity contribution is 7.90. The van der Waals surface area contributed by atoms with Crippen molar-refractivity contribution in [2.24, 2.45) is 4.99 Å². The molecular weight excluding hydrogens is 374 g/mol. The lowest BCUT2D eigenvalue weighted by molar-refractivity contribution is 0.265. The van der Waals surface area contributed by atoms with Crippen LogP contribution in [0.15, 0.2) is 65.7 Å². The minimum atomic E-state index is -3.14. The molecule has 0 saturated carbocycles. The van der Waals surface area contributed by atoms with Gasteiger partial charge in [0.05, 0.1) is 18.1 Å². The average molecular weight is 404 g/mol. The van der Waals surface area contributed by atoms with Crippen molar-refractivity contribution in [3.63, 3.8) is 0 Å². The topological polar surface area (TPSA) is 90.8 Å². The van der Waals surface area contributed by atoms with Gasteiger partial charge in [-0.05, 0) is 17.5 Å². The summed E-state index contributed by atoms with van der Waals surface area (Å²) >= 11 is 0. The van der Waals surface area contributed by atoms with Crippen LogP contribution in [0.5, 0.6) is 0 Å². The molecule has 0 radical (unpaired) electrons. The average Bonchev–Trinajstić information content (AvgIpc) is 2.71. The van der Waals surface area contributed by atoms with Crippen molar-refractivity contribution in [2.75, 3.05) is 32.5 Å². The van der Waals surface area contributed by atoms with Gasteiger partial charge in [-0.25, -0.2) is 8.42 Å². The molecule has 2 aromatic carbocycles. The standard InChI is InChI=1S/C21H29N3O3S/c1-22-21(24-15-20(16-25)19-11-6-3-7-12-19)23-13-8-14-28(26,27)17-18-9-4-2-5-10-18/h2-7,9-12,20,25H,8,13-17H2,1H3,(H2,22,23,24). The molecule has 0 heterocycles. The Morgan fingerprint density at radius 2 is 1.68 bits per heavy atom. The van der Waals surface area contributed by atoms with Crippen molar-refractivity contribution in [3.05, 3.63) is 71.8 Å². The van der Waals surface area contributed by atoms with Gasteiger partial charge in [-0.2, -0.15) is 0 Å². The minimum Gasteiger partial charge on any atom is -0.396 e. The zero-order valence-electron chi connectivity index (χ0n) is 16.2. The molecule has 0 aliphatic heterocycles. The SMILES string of the molecule is CN=C(NCCCS(=O)(=O)Cc1ccccc1)NCC(CO)c1ccccc1. The maximum absolute atomic E-state index is 12.2. The number of hydrogen-bond donors (Lipinski definition) is 3. The predicted octanol–water partition coefficient (Wildman–Crippen LogP) is 1.93. The predicted molar refractivity (Wildman–Crippen MR) is 114 cm³/mol. The van der Waals surface area contributed by atoms with Gasteiger partial charge in [0.15, 0.2) is 15.8 Å². The molecule has 1 atom stereocenters. The van der Waals surface area contributed by atoms with Gasteiger partial charge in [0, 0.05) is 26.1 Å². The number of aliphatic hydroxyl groups is 1.